The lowest BCUT2D eigenvalue weighted by atomic mass is 9.85. The van der Waals surface area contributed by atoms with Crippen molar-refractivity contribution in [2.24, 2.45) is 28.8 Å². The fourth-order valence-corrected chi connectivity index (χ4v) is 4.50. The number of rotatable bonds is 5. The van der Waals surface area contributed by atoms with Crippen LogP contribution in [0, 0.1) is 23.7 Å². The summed E-state index contributed by atoms with van der Waals surface area (Å²) in [5, 5.41) is 5.22. The van der Waals surface area contributed by atoms with Gasteiger partial charge in [-0.2, -0.15) is 10.1 Å². The highest BCUT2D eigenvalue weighted by Gasteiger charge is 2.59. The highest BCUT2D eigenvalue weighted by molar-refractivity contribution is 9.10. The number of ether oxygens (including phenoxy) is 1. The van der Waals surface area contributed by atoms with Crippen molar-refractivity contribution in [3.63, 3.8) is 0 Å². The molecule has 4 atom stereocenters. The summed E-state index contributed by atoms with van der Waals surface area (Å²) in [5.41, 5.74) is 0.775. The van der Waals surface area contributed by atoms with Crippen molar-refractivity contribution in [1.82, 2.24) is 5.01 Å². The van der Waals surface area contributed by atoms with E-state index in [0.717, 1.165) is 21.5 Å². The number of carbonyl (C=O) groups is 2. The van der Waals surface area contributed by atoms with Crippen molar-refractivity contribution in [1.29, 1.82) is 0 Å². The number of imide groups is 1. The van der Waals surface area contributed by atoms with E-state index < -0.39 is 0 Å². The molecule has 128 valence electrons. The number of halogens is 1. The number of nitrogens with zero attached hydrogens (tertiary/aromatic N) is 2. The molecule has 4 rings (SSSR count). The number of carbonyl (C=O) groups excluding carboxylic acids is 2. The van der Waals surface area contributed by atoms with Crippen LogP contribution >= 0.6 is 15.9 Å². The van der Waals surface area contributed by atoms with Crippen molar-refractivity contribution >= 4 is 34.0 Å². The van der Waals surface area contributed by atoms with Gasteiger partial charge in [0.25, 0.3) is 11.8 Å². The zero-order valence-electron chi connectivity index (χ0n) is 13.5. The van der Waals surface area contributed by atoms with Crippen molar-refractivity contribution in [3.8, 4) is 5.75 Å². The van der Waals surface area contributed by atoms with Crippen LogP contribution in [0.15, 0.2) is 52.6 Å². The summed E-state index contributed by atoms with van der Waals surface area (Å²) in [6.45, 7) is 4.03. The molecular formula is C19H17BrN2O3. The molecule has 2 bridgehead atoms. The van der Waals surface area contributed by atoms with Gasteiger partial charge in [-0.1, -0.05) is 24.8 Å². The molecular weight excluding hydrogens is 384 g/mol. The van der Waals surface area contributed by atoms with Gasteiger partial charge in [0.05, 0.1) is 22.5 Å². The Kier molecular flexibility index (Phi) is 4.07. The van der Waals surface area contributed by atoms with Gasteiger partial charge < -0.3 is 4.74 Å². The minimum absolute atomic E-state index is 0.173. The zero-order valence-corrected chi connectivity index (χ0v) is 15.1. The minimum Gasteiger partial charge on any atom is -0.488 e. The minimum atomic E-state index is -0.221. The molecule has 1 saturated carbocycles. The summed E-state index contributed by atoms with van der Waals surface area (Å²) in [6.07, 6.45) is 8.27. The second-order valence-electron chi connectivity index (χ2n) is 6.52. The number of hydrogen-bond donors (Lipinski definition) is 0. The number of amides is 2. The Balaban J connectivity index is 1.51. The Bertz CT molecular complexity index is 787. The summed E-state index contributed by atoms with van der Waals surface area (Å²) in [5.74, 6) is 0.301. The second-order valence-corrected chi connectivity index (χ2v) is 7.38. The lowest BCUT2D eigenvalue weighted by molar-refractivity contribution is -0.140. The van der Waals surface area contributed by atoms with Crippen molar-refractivity contribution in [2.45, 2.75) is 6.42 Å². The third-order valence-corrected chi connectivity index (χ3v) is 5.70. The van der Waals surface area contributed by atoms with Crippen LogP contribution in [0.4, 0.5) is 0 Å². The Morgan fingerprint density at radius 3 is 2.52 bits per heavy atom. The van der Waals surface area contributed by atoms with Gasteiger partial charge in [-0.15, -0.1) is 0 Å². The Morgan fingerprint density at radius 2 is 1.92 bits per heavy atom. The first-order valence-electron chi connectivity index (χ1n) is 8.23. The van der Waals surface area contributed by atoms with E-state index in [-0.39, 0.29) is 35.5 Å². The van der Waals surface area contributed by atoms with E-state index in [9.17, 15) is 9.59 Å². The molecule has 2 amide bonds. The fraction of sp³-hybridized carbons (Fsp3) is 0.316. The molecule has 1 aromatic rings. The van der Waals surface area contributed by atoms with Crippen LogP contribution in [-0.4, -0.2) is 29.6 Å². The van der Waals surface area contributed by atoms with Gasteiger partial charge in [-0.3, -0.25) is 9.59 Å². The average Bonchev–Trinajstić information content (AvgIpc) is 3.27. The second kappa shape index (κ2) is 6.26. The molecule has 0 radical (unpaired) electrons. The molecule has 1 aromatic carbocycles. The van der Waals surface area contributed by atoms with Crippen LogP contribution in [0.5, 0.6) is 5.75 Å². The summed E-state index contributed by atoms with van der Waals surface area (Å²) in [4.78, 5) is 25.1. The monoisotopic (exact) mass is 400 g/mol. The quantitative estimate of drug-likeness (QED) is 0.433. The number of benzene rings is 1. The Morgan fingerprint density at radius 1 is 1.24 bits per heavy atom. The molecule has 2 aliphatic carbocycles. The van der Waals surface area contributed by atoms with Gasteiger partial charge in [-0.25, -0.2) is 0 Å². The maximum atomic E-state index is 12.6. The smallest absolute Gasteiger partial charge is 0.254 e. The predicted octanol–water partition coefficient (Wildman–Crippen LogP) is 3.15. The molecule has 6 heteroatoms. The molecule has 25 heavy (non-hydrogen) atoms. The molecule has 1 heterocycles. The van der Waals surface area contributed by atoms with E-state index in [1.54, 1.807) is 12.1 Å². The summed E-state index contributed by atoms with van der Waals surface area (Å²) < 4.78 is 6.27. The molecule has 1 aliphatic heterocycles. The first-order valence-corrected chi connectivity index (χ1v) is 9.03. The molecule has 5 nitrogen and oxygen atoms in total. The first kappa shape index (κ1) is 16.3. The van der Waals surface area contributed by atoms with Gasteiger partial charge in [0.15, 0.2) is 0 Å². The number of hydrazone groups is 1. The third kappa shape index (κ3) is 2.65. The van der Waals surface area contributed by atoms with E-state index in [2.05, 4.69) is 39.8 Å². The molecule has 3 aliphatic rings. The van der Waals surface area contributed by atoms with E-state index in [4.69, 9.17) is 4.74 Å². The van der Waals surface area contributed by atoms with Crippen molar-refractivity contribution < 1.29 is 14.3 Å². The Hall–Kier alpha value is -2.21. The van der Waals surface area contributed by atoms with E-state index >= 15 is 0 Å². The van der Waals surface area contributed by atoms with E-state index in [1.165, 1.54) is 6.21 Å². The van der Waals surface area contributed by atoms with Gasteiger partial charge >= 0.3 is 0 Å². The highest BCUT2D eigenvalue weighted by atomic mass is 79.9. The number of fused-ring (bicyclic) bond motifs is 5. The maximum absolute atomic E-state index is 12.6. The third-order valence-electron chi connectivity index (χ3n) is 5.08. The van der Waals surface area contributed by atoms with E-state index in [0.29, 0.717) is 12.4 Å². The SMILES string of the molecule is C=CCOc1ccc(C=NN2C(=O)C3C4C=CC(C4)C3C2=O)cc1Br. The molecule has 0 aromatic heterocycles. The maximum Gasteiger partial charge on any atom is 0.254 e. The van der Waals surface area contributed by atoms with Gasteiger partial charge in [0.2, 0.25) is 0 Å². The lowest BCUT2D eigenvalue weighted by Crippen LogP contribution is -2.28. The van der Waals surface area contributed by atoms with Crippen LogP contribution < -0.4 is 4.74 Å². The zero-order chi connectivity index (χ0) is 17.6. The molecule has 4 unspecified atom stereocenters. The first-order chi connectivity index (χ1) is 12.1. The predicted molar refractivity (Wildman–Crippen MR) is 97.0 cm³/mol. The standard InChI is InChI=1S/C19H17BrN2O3/c1-2-7-25-15-6-3-11(8-14(15)20)10-21-22-18(23)16-12-4-5-13(9-12)17(16)19(22)24/h2-6,8,10,12-13,16-17H,1,7,9H2. The summed E-state index contributed by atoms with van der Waals surface area (Å²) in [6, 6.07) is 5.46. The Labute approximate surface area is 154 Å². The average molecular weight is 401 g/mol. The van der Waals surface area contributed by atoms with E-state index in [1.807, 2.05) is 12.1 Å². The van der Waals surface area contributed by atoms with Crippen LogP contribution in [0.2, 0.25) is 0 Å². The van der Waals surface area contributed by atoms with Crippen LogP contribution in [0.25, 0.3) is 0 Å². The van der Waals surface area contributed by atoms with Crippen molar-refractivity contribution in [3.05, 3.63) is 53.0 Å². The summed E-state index contributed by atoms with van der Waals surface area (Å²) in [7, 11) is 0. The fourth-order valence-electron chi connectivity index (χ4n) is 3.99. The van der Waals surface area contributed by atoms with Crippen LogP contribution in [0.1, 0.15) is 12.0 Å². The van der Waals surface area contributed by atoms with Gasteiger partial charge in [0, 0.05) is 0 Å². The normalized spacial score (nSPS) is 29.7. The summed E-state index contributed by atoms with van der Waals surface area (Å²) >= 11 is 3.44. The molecule has 0 N–H and O–H groups in total. The van der Waals surface area contributed by atoms with Crippen LogP contribution in [0.3, 0.4) is 0 Å². The molecule has 2 fully saturated rings. The van der Waals surface area contributed by atoms with Gasteiger partial charge in [-0.05, 0) is 57.9 Å². The number of allylic oxidation sites excluding steroid dienone is 2. The molecule has 1 saturated heterocycles. The number of hydrogen-bond acceptors (Lipinski definition) is 4. The highest BCUT2D eigenvalue weighted by Crippen LogP contribution is 2.52. The van der Waals surface area contributed by atoms with Crippen molar-refractivity contribution in [2.75, 3.05) is 6.61 Å². The van der Waals surface area contributed by atoms with Crippen LogP contribution in [-0.2, 0) is 9.59 Å². The lowest BCUT2D eigenvalue weighted by Gasteiger charge is -2.13. The largest absolute Gasteiger partial charge is 0.488 e. The topological polar surface area (TPSA) is 59.0 Å². The van der Waals surface area contributed by atoms with Gasteiger partial charge in [0.1, 0.15) is 12.4 Å². The molecule has 0 spiro atoms.